The first kappa shape index (κ1) is 21.9. The van der Waals surface area contributed by atoms with Gasteiger partial charge in [-0.2, -0.15) is 0 Å². The van der Waals surface area contributed by atoms with Gasteiger partial charge in [0, 0.05) is 39.1 Å². The van der Waals surface area contributed by atoms with Crippen LogP contribution >= 0.6 is 11.3 Å². The van der Waals surface area contributed by atoms with Gasteiger partial charge in [-0.3, -0.25) is 14.5 Å². The molecule has 1 aliphatic carbocycles. The van der Waals surface area contributed by atoms with E-state index < -0.39 is 11.6 Å². The van der Waals surface area contributed by atoms with E-state index in [-0.39, 0.29) is 18.2 Å². The molecule has 1 atom stereocenters. The number of amides is 3. The Morgan fingerprint density at radius 1 is 1.11 bits per heavy atom. The number of ketones is 1. The number of thiophene rings is 1. The Labute approximate surface area is 206 Å². The maximum absolute atomic E-state index is 13.5. The number of benzene rings is 1. The third-order valence-corrected chi connectivity index (χ3v) is 8.13. The Morgan fingerprint density at radius 2 is 1.91 bits per heavy atom. The van der Waals surface area contributed by atoms with Crippen LogP contribution in [0.5, 0.6) is 11.5 Å². The van der Waals surface area contributed by atoms with Gasteiger partial charge in [-0.25, -0.2) is 4.79 Å². The van der Waals surface area contributed by atoms with E-state index in [1.54, 1.807) is 17.4 Å². The molecule has 1 N–H and O–H groups in total. The average Bonchev–Trinajstić information content (AvgIpc) is 3.51. The van der Waals surface area contributed by atoms with Gasteiger partial charge in [0.2, 0.25) is 0 Å². The van der Waals surface area contributed by atoms with Crippen LogP contribution in [0.2, 0.25) is 0 Å². The lowest BCUT2D eigenvalue weighted by Crippen LogP contribution is -2.46. The number of hydrogen-bond acceptors (Lipinski definition) is 6. The standard InChI is InChI=1S/C26H25N3O5S/c1-15-12-18(16(2)29(15)17-5-6-21-22(13-17)34-10-9-33-21)20(30)14-28-24(31)26(27-25(28)32)8-3-4-23-19(26)7-11-35-23/h5-7,11-13H,3-4,8-10,14H2,1-2H3,(H,27,32)/t26-/m1/s1. The van der Waals surface area contributed by atoms with E-state index in [0.29, 0.717) is 36.7 Å². The molecule has 0 radical (unpaired) electrons. The largest absolute Gasteiger partial charge is 0.486 e. The summed E-state index contributed by atoms with van der Waals surface area (Å²) in [5.41, 5.74) is 2.77. The summed E-state index contributed by atoms with van der Waals surface area (Å²) >= 11 is 1.61. The predicted octanol–water partition coefficient (Wildman–Crippen LogP) is 3.89. The summed E-state index contributed by atoms with van der Waals surface area (Å²) in [5, 5.41) is 4.87. The van der Waals surface area contributed by atoms with E-state index in [0.717, 1.165) is 45.3 Å². The lowest BCUT2D eigenvalue weighted by Gasteiger charge is -2.31. The monoisotopic (exact) mass is 491 g/mol. The van der Waals surface area contributed by atoms with Gasteiger partial charge in [-0.15, -0.1) is 11.3 Å². The van der Waals surface area contributed by atoms with Crippen molar-refractivity contribution in [3.8, 4) is 17.2 Å². The Morgan fingerprint density at radius 3 is 2.74 bits per heavy atom. The molecular weight excluding hydrogens is 466 g/mol. The lowest BCUT2D eigenvalue weighted by atomic mass is 9.80. The summed E-state index contributed by atoms with van der Waals surface area (Å²) in [4.78, 5) is 42.0. The summed E-state index contributed by atoms with van der Waals surface area (Å²) in [7, 11) is 0. The molecule has 180 valence electrons. The van der Waals surface area contributed by atoms with E-state index >= 15 is 0 Å². The smallest absolute Gasteiger partial charge is 0.325 e. The van der Waals surface area contributed by atoms with Crippen LogP contribution in [0.1, 0.15) is 45.0 Å². The number of nitrogens with zero attached hydrogens (tertiary/aromatic N) is 2. The van der Waals surface area contributed by atoms with Crippen LogP contribution in [0.3, 0.4) is 0 Å². The fourth-order valence-corrected chi connectivity index (χ4v) is 6.53. The van der Waals surface area contributed by atoms with Crippen molar-refractivity contribution in [1.82, 2.24) is 14.8 Å². The number of Topliss-reactive ketones (excluding diaryl/α,β-unsaturated/α-hetero) is 1. The second-order valence-corrected chi connectivity index (χ2v) is 10.2. The normalized spacial score (nSPS) is 20.8. The highest BCUT2D eigenvalue weighted by atomic mass is 32.1. The molecule has 3 aromatic rings. The Bertz CT molecular complexity index is 1390. The van der Waals surface area contributed by atoms with E-state index in [4.69, 9.17) is 9.47 Å². The molecule has 8 nitrogen and oxygen atoms in total. The zero-order valence-electron chi connectivity index (χ0n) is 19.6. The van der Waals surface area contributed by atoms with Gasteiger partial charge in [0.05, 0.1) is 6.54 Å². The van der Waals surface area contributed by atoms with Crippen molar-refractivity contribution < 1.29 is 23.9 Å². The van der Waals surface area contributed by atoms with Crippen LogP contribution in [-0.4, -0.2) is 46.9 Å². The summed E-state index contributed by atoms with van der Waals surface area (Å²) in [6.07, 6.45) is 2.27. The number of fused-ring (bicyclic) bond motifs is 3. The fourth-order valence-electron chi connectivity index (χ4n) is 5.53. The zero-order valence-corrected chi connectivity index (χ0v) is 20.4. The van der Waals surface area contributed by atoms with Crippen molar-refractivity contribution in [3.63, 3.8) is 0 Å². The molecule has 1 aromatic carbocycles. The predicted molar refractivity (Wildman–Crippen MR) is 130 cm³/mol. The summed E-state index contributed by atoms with van der Waals surface area (Å²) in [6.45, 7) is 4.50. The van der Waals surface area contributed by atoms with Crippen molar-refractivity contribution in [3.05, 3.63) is 63.1 Å². The quantitative estimate of drug-likeness (QED) is 0.442. The number of imide groups is 1. The molecule has 4 heterocycles. The molecule has 0 unspecified atom stereocenters. The maximum Gasteiger partial charge on any atom is 0.325 e. The molecule has 0 saturated carbocycles. The van der Waals surface area contributed by atoms with E-state index in [1.165, 1.54) is 0 Å². The third-order valence-electron chi connectivity index (χ3n) is 7.15. The van der Waals surface area contributed by atoms with Gasteiger partial charge in [0.15, 0.2) is 17.3 Å². The topological polar surface area (TPSA) is 89.9 Å². The summed E-state index contributed by atoms with van der Waals surface area (Å²) < 4.78 is 13.3. The molecule has 3 amide bonds. The number of hydrogen-bond donors (Lipinski definition) is 1. The summed E-state index contributed by atoms with van der Waals surface area (Å²) in [5.74, 6) is 0.751. The van der Waals surface area contributed by atoms with Gasteiger partial charge < -0.3 is 19.4 Å². The molecule has 1 saturated heterocycles. The second-order valence-electron chi connectivity index (χ2n) is 9.21. The number of carbonyl (C=O) groups excluding carboxylic acids is 3. The number of aromatic nitrogens is 1. The van der Waals surface area contributed by atoms with Crippen LogP contribution in [0, 0.1) is 13.8 Å². The van der Waals surface area contributed by atoms with Gasteiger partial charge in [0.25, 0.3) is 5.91 Å². The zero-order chi connectivity index (χ0) is 24.3. The minimum atomic E-state index is -1.05. The molecular formula is C26H25N3O5S. The Hall–Kier alpha value is -3.59. The van der Waals surface area contributed by atoms with Crippen molar-refractivity contribution >= 4 is 29.1 Å². The van der Waals surface area contributed by atoms with Crippen LogP contribution in [0.4, 0.5) is 4.79 Å². The van der Waals surface area contributed by atoms with Crippen molar-refractivity contribution in [2.75, 3.05) is 19.8 Å². The molecule has 1 fully saturated rings. The molecule has 2 aliphatic heterocycles. The molecule has 3 aliphatic rings. The number of aryl methyl sites for hydroxylation is 2. The SMILES string of the molecule is Cc1cc(C(=O)CN2C(=O)N[C@@]3(CCCc4sccc43)C2=O)c(C)n1-c1ccc2c(c1)OCCO2. The highest BCUT2D eigenvalue weighted by molar-refractivity contribution is 7.10. The number of carbonyl (C=O) groups is 3. The van der Waals surface area contributed by atoms with E-state index in [1.807, 2.05) is 48.1 Å². The second kappa shape index (κ2) is 7.98. The van der Waals surface area contributed by atoms with Gasteiger partial charge in [-0.05, 0) is 62.8 Å². The van der Waals surface area contributed by atoms with Crippen LogP contribution in [-0.2, 0) is 16.8 Å². The number of nitrogens with one attached hydrogen (secondary N) is 1. The lowest BCUT2D eigenvalue weighted by molar-refractivity contribution is -0.131. The molecule has 0 bridgehead atoms. The minimum absolute atomic E-state index is 0.274. The summed E-state index contributed by atoms with van der Waals surface area (Å²) in [6, 6.07) is 8.89. The number of ether oxygens (including phenoxy) is 2. The highest BCUT2D eigenvalue weighted by Crippen LogP contribution is 2.42. The number of rotatable bonds is 4. The first-order valence-electron chi connectivity index (χ1n) is 11.7. The molecule has 9 heteroatoms. The van der Waals surface area contributed by atoms with Crippen LogP contribution in [0.25, 0.3) is 5.69 Å². The minimum Gasteiger partial charge on any atom is -0.486 e. The Balaban J connectivity index is 1.28. The molecule has 2 aromatic heterocycles. The highest BCUT2D eigenvalue weighted by Gasteiger charge is 2.54. The Kier molecular flexibility index (Phi) is 5.00. The molecule has 1 spiro atoms. The van der Waals surface area contributed by atoms with Gasteiger partial charge in [-0.1, -0.05) is 0 Å². The first-order chi connectivity index (χ1) is 16.9. The molecule has 35 heavy (non-hydrogen) atoms. The van der Waals surface area contributed by atoms with Crippen molar-refractivity contribution in [1.29, 1.82) is 0 Å². The van der Waals surface area contributed by atoms with Crippen LogP contribution in [0.15, 0.2) is 35.7 Å². The van der Waals surface area contributed by atoms with Crippen molar-refractivity contribution in [2.24, 2.45) is 0 Å². The number of urea groups is 1. The van der Waals surface area contributed by atoms with Crippen molar-refractivity contribution in [2.45, 2.75) is 38.6 Å². The van der Waals surface area contributed by atoms with Gasteiger partial charge >= 0.3 is 6.03 Å². The third kappa shape index (κ3) is 3.29. The maximum atomic E-state index is 13.5. The van der Waals surface area contributed by atoms with E-state index in [9.17, 15) is 14.4 Å². The first-order valence-corrected chi connectivity index (χ1v) is 12.6. The van der Waals surface area contributed by atoms with Gasteiger partial charge in [0.1, 0.15) is 18.8 Å². The fraction of sp³-hybridized carbons (Fsp3) is 0.346. The average molecular weight is 492 g/mol. The van der Waals surface area contributed by atoms with E-state index in [2.05, 4.69) is 5.32 Å². The van der Waals surface area contributed by atoms with Crippen LogP contribution < -0.4 is 14.8 Å². The molecule has 6 rings (SSSR count).